The molecule has 1 aromatic heterocycles. The predicted molar refractivity (Wildman–Crippen MR) is 61.5 cm³/mol. The Kier molecular flexibility index (Phi) is 2.95. The number of imidazole rings is 1. The van der Waals surface area contributed by atoms with Crippen molar-refractivity contribution in [1.29, 1.82) is 0 Å². The van der Waals surface area contributed by atoms with Gasteiger partial charge < -0.3 is 10.3 Å². The summed E-state index contributed by atoms with van der Waals surface area (Å²) < 4.78 is 1.85. The first kappa shape index (κ1) is 10.5. The van der Waals surface area contributed by atoms with Gasteiger partial charge in [-0.25, -0.2) is 4.98 Å². The van der Waals surface area contributed by atoms with Gasteiger partial charge in [0.1, 0.15) is 0 Å². The lowest BCUT2D eigenvalue weighted by molar-refractivity contribution is 1.01. The number of nitrogens with two attached hydrogens (primary N) is 1. The molecule has 0 saturated heterocycles. The Morgan fingerprint density at radius 3 is 2.67 bits per heavy atom. The maximum Gasteiger partial charge on any atom is 0.0995 e. The van der Waals surface area contributed by atoms with Crippen LogP contribution in [0.2, 0.25) is 10.0 Å². The van der Waals surface area contributed by atoms with Crippen LogP contribution in [0, 0.1) is 0 Å². The summed E-state index contributed by atoms with van der Waals surface area (Å²) >= 11 is 11.7. The molecule has 3 nitrogen and oxygen atoms in total. The van der Waals surface area contributed by atoms with Gasteiger partial charge in [-0.3, -0.25) is 0 Å². The largest absolute Gasteiger partial charge is 0.325 e. The minimum absolute atomic E-state index is 0.425. The van der Waals surface area contributed by atoms with Gasteiger partial charge >= 0.3 is 0 Å². The zero-order valence-electron chi connectivity index (χ0n) is 7.82. The third-order valence-corrected chi connectivity index (χ3v) is 2.79. The molecule has 0 aliphatic carbocycles. The molecule has 1 heterocycles. The van der Waals surface area contributed by atoms with Crippen LogP contribution < -0.4 is 5.73 Å². The van der Waals surface area contributed by atoms with Gasteiger partial charge in [0.05, 0.1) is 22.1 Å². The van der Waals surface area contributed by atoms with Crippen LogP contribution in [0.3, 0.4) is 0 Å². The van der Waals surface area contributed by atoms with Crippen LogP contribution in [-0.2, 0) is 6.54 Å². The number of aromatic nitrogens is 2. The van der Waals surface area contributed by atoms with Crippen molar-refractivity contribution in [2.75, 3.05) is 0 Å². The second kappa shape index (κ2) is 4.23. The zero-order valence-corrected chi connectivity index (χ0v) is 9.33. The van der Waals surface area contributed by atoms with E-state index in [1.165, 1.54) is 0 Å². The van der Waals surface area contributed by atoms with E-state index in [1.807, 2.05) is 16.8 Å². The first-order valence-electron chi connectivity index (χ1n) is 4.39. The lowest BCUT2D eigenvalue weighted by atomic mass is 10.3. The Balaban J connectivity index is 2.40. The fourth-order valence-corrected chi connectivity index (χ4v) is 1.55. The van der Waals surface area contributed by atoms with Gasteiger partial charge in [0.25, 0.3) is 0 Å². The molecule has 0 spiro atoms. The molecule has 0 aliphatic rings. The molecule has 0 atom stereocenters. The molecule has 0 amide bonds. The highest BCUT2D eigenvalue weighted by Crippen LogP contribution is 2.24. The van der Waals surface area contributed by atoms with Crippen LogP contribution in [0.15, 0.2) is 30.7 Å². The monoisotopic (exact) mass is 241 g/mol. The van der Waals surface area contributed by atoms with Gasteiger partial charge in [-0.05, 0) is 18.2 Å². The first-order chi connectivity index (χ1) is 7.20. The van der Waals surface area contributed by atoms with Crippen molar-refractivity contribution in [3.63, 3.8) is 0 Å². The zero-order chi connectivity index (χ0) is 10.8. The molecule has 2 rings (SSSR count). The van der Waals surface area contributed by atoms with E-state index in [1.54, 1.807) is 18.5 Å². The summed E-state index contributed by atoms with van der Waals surface area (Å²) in [4.78, 5) is 4.13. The van der Waals surface area contributed by atoms with Crippen molar-refractivity contribution in [3.05, 3.63) is 46.5 Å². The van der Waals surface area contributed by atoms with E-state index in [2.05, 4.69) is 4.98 Å². The summed E-state index contributed by atoms with van der Waals surface area (Å²) in [6.07, 6.45) is 3.56. The summed E-state index contributed by atoms with van der Waals surface area (Å²) in [5.41, 5.74) is 7.22. The van der Waals surface area contributed by atoms with Crippen molar-refractivity contribution >= 4 is 23.2 Å². The van der Waals surface area contributed by atoms with Crippen molar-refractivity contribution in [3.8, 4) is 5.69 Å². The van der Waals surface area contributed by atoms with Crippen LogP contribution in [-0.4, -0.2) is 9.55 Å². The van der Waals surface area contributed by atoms with Gasteiger partial charge in [0.15, 0.2) is 0 Å². The topological polar surface area (TPSA) is 43.8 Å². The Morgan fingerprint density at radius 2 is 2.07 bits per heavy atom. The summed E-state index contributed by atoms with van der Waals surface area (Å²) in [6.45, 7) is 0.425. The van der Waals surface area contributed by atoms with Crippen molar-refractivity contribution in [2.24, 2.45) is 5.73 Å². The SMILES string of the molecule is NCc1cn(-c2ccc(Cl)c(Cl)c2)cn1. The molecule has 0 saturated carbocycles. The average molecular weight is 242 g/mol. The van der Waals surface area contributed by atoms with Crippen LogP contribution in [0.4, 0.5) is 0 Å². The molecule has 0 fully saturated rings. The third-order valence-electron chi connectivity index (χ3n) is 2.05. The molecule has 15 heavy (non-hydrogen) atoms. The van der Waals surface area contributed by atoms with Gasteiger partial charge in [0, 0.05) is 18.4 Å². The van der Waals surface area contributed by atoms with Crippen LogP contribution >= 0.6 is 23.2 Å². The molecule has 5 heteroatoms. The highest BCUT2D eigenvalue weighted by molar-refractivity contribution is 6.42. The average Bonchev–Trinajstić information content (AvgIpc) is 2.70. The van der Waals surface area contributed by atoms with Gasteiger partial charge in [-0.1, -0.05) is 23.2 Å². The highest BCUT2D eigenvalue weighted by Gasteiger charge is 2.02. The smallest absolute Gasteiger partial charge is 0.0995 e. The number of hydrogen-bond acceptors (Lipinski definition) is 2. The predicted octanol–water partition coefficient (Wildman–Crippen LogP) is 2.64. The number of nitrogens with zero attached hydrogens (tertiary/aromatic N) is 2. The fourth-order valence-electron chi connectivity index (χ4n) is 1.26. The lowest BCUT2D eigenvalue weighted by Crippen LogP contribution is -1.95. The van der Waals surface area contributed by atoms with Crippen LogP contribution in [0.5, 0.6) is 0 Å². The minimum atomic E-state index is 0.425. The van der Waals surface area contributed by atoms with Crippen LogP contribution in [0.25, 0.3) is 5.69 Å². The summed E-state index contributed by atoms with van der Waals surface area (Å²) in [5.74, 6) is 0. The van der Waals surface area contributed by atoms with E-state index in [-0.39, 0.29) is 0 Å². The maximum absolute atomic E-state index is 5.91. The van der Waals surface area contributed by atoms with Gasteiger partial charge in [-0.2, -0.15) is 0 Å². The minimum Gasteiger partial charge on any atom is -0.325 e. The quantitative estimate of drug-likeness (QED) is 0.879. The Hall–Kier alpha value is -1.03. The van der Waals surface area contributed by atoms with Crippen molar-refractivity contribution in [2.45, 2.75) is 6.54 Å². The molecule has 0 unspecified atom stereocenters. The first-order valence-corrected chi connectivity index (χ1v) is 5.14. The molecule has 0 aliphatic heterocycles. The second-order valence-corrected chi connectivity index (χ2v) is 3.89. The van der Waals surface area contributed by atoms with Crippen LogP contribution in [0.1, 0.15) is 5.69 Å². The van der Waals surface area contributed by atoms with E-state index in [0.29, 0.717) is 16.6 Å². The Bertz CT molecular complexity index is 479. The van der Waals surface area contributed by atoms with E-state index >= 15 is 0 Å². The number of halogens is 2. The molecule has 2 N–H and O–H groups in total. The van der Waals surface area contributed by atoms with Crippen molar-refractivity contribution < 1.29 is 0 Å². The van der Waals surface area contributed by atoms with E-state index in [4.69, 9.17) is 28.9 Å². The van der Waals surface area contributed by atoms with Gasteiger partial charge in [0.2, 0.25) is 0 Å². The Morgan fingerprint density at radius 1 is 1.27 bits per heavy atom. The van der Waals surface area contributed by atoms with E-state index in [0.717, 1.165) is 11.4 Å². The van der Waals surface area contributed by atoms with E-state index in [9.17, 15) is 0 Å². The normalized spacial score (nSPS) is 10.6. The lowest BCUT2D eigenvalue weighted by Gasteiger charge is -2.03. The maximum atomic E-state index is 5.91. The number of hydrogen-bond donors (Lipinski definition) is 1. The summed E-state index contributed by atoms with van der Waals surface area (Å²) in [5, 5.41) is 1.07. The standard InChI is InChI=1S/C10H9Cl2N3/c11-9-2-1-8(3-10(9)12)15-5-7(4-13)14-6-15/h1-3,5-6H,4,13H2. The highest BCUT2D eigenvalue weighted by atomic mass is 35.5. The third kappa shape index (κ3) is 2.15. The molecule has 2 aromatic rings. The molecule has 1 aromatic carbocycles. The molecule has 0 radical (unpaired) electrons. The molecular weight excluding hydrogens is 233 g/mol. The molecule has 78 valence electrons. The van der Waals surface area contributed by atoms with E-state index < -0.39 is 0 Å². The number of benzene rings is 1. The molecule has 0 bridgehead atoms. The van der Waals surface area contributed by atoms with Crippen molar-refractivity contribution in [1.82, 2.24) is 9.55 Å². The summed E-state index contributed by atoms with van der Waals surface area (Å²) in [6, 6.07) is 5.41. The van der Waals surface area contributed by atoms with Gasteiger partial charge in [-0.15, -0.1) is 0 Å². The fraction of sp³-hybridized carbons (Fsp3) is 0.100. The second-order valence-electron chi connectivity index (χ2n) is 3.07. The molecular formula is C10H9Cl2N3. The summed E-state index contributed by atoms with van der Waals surface area (Å²) in [7, 11) is 0. The number of rotatable bonds is 2. The Labute approximate surface area is 97.4 Å².